The van der Waals surface area contributed by atoms with Crippen molar-refractivity contribution in [1.29, 1.82) is 0 Å². The summed E-state index contributed by atoms with van der Waals surface area (Å²) in [6, 6.07) is 4.93. The van der Waals surface area contributed by atoms with Crippen LogP contribution in [-0.2, 0) is 0 Å². The molecule has 0 amide bonds. The third kappa shape index (κ3) is 2.17. The smallest absolute Gasteiger partial charge is 0.261 e. The van der Waals surface area contributed by atoms with Gasteiger partial charge in [0.1, 0.15) is 0 Å². The van der Waals surface area contributed by atoms with E-state index < -0.39 is 0 Å². The topological polar surface area (TPSA) is 56.0 Å². The molecule has 1 aromatic heterocycles. The summed E-state index contributed by atoms with van der Waals surface area (Å²) in [5, 5.41) is 12.3. The first-order valence-electron chi connectivity index (χ1n) is 4.29. The van der Waals surface area contributed by atoms with Crippen LogP contribution >= 0.6 is 39.9 Å². The molecule has 84 valence electrons. The molecule has 0 spiro atoms. The van der Waals surface area contributed by atoms with Gasteiger partial charge in [0, 0.05) is 22.1 Å². The monoisotopic (exact) mass is 394 g/mol. The summed E-state index contributed by atoms with van der Waals surface area (Å²) in [5.41, 5.74) is 0.763. The standard InChI is InChI=1S/C10H7BrN2O2.HI/c1-6-10-7(4-5-12-6)8(11)2-3-9(10)13(14)15;/h2-5H,1H3;1H. The number of fused-ring (bicyclic) bond motifs is 1. The number of halogens is 2. The summed E-state index contributed by atoms with van der Waals surface area (Å²) < 4.78 is 0.841. The Hall–Kier alpha value is -0.760. The molecular weight excluding hydrogens is 387 g/mol. The van der Waals surface area contributed by atoms with E-state index in [1.165, 1.54) is 6.07 Å². The Morgan fingerprint density at radius 2 is 2.06 bits per heavy atom. The van der Waals surface area contributed by atoms with Gasteiger partial charge in [0.2, 0.25) is 0 Å². The number of hydrogen-bond donors (Lipinski definition) is 0. The fourth-order valence-corrected chi connectivity index (χ4v) is 2.03. The van der Waals surface area contributed by atoms with E-state index in [9.17, 15) is 10.1 Å². The van der Waals surface area contributed by atoms with Crippen molar-refractivity contribution in [3.05, 3.63) is 44.7 Å². The van der Waals surface area contributed by atoms with Crippen molar-refractivity contribution in [2.75, 3.05) is 0 Å². The molecule has 0 saturated carbocycles. The highest BCUT2D eigenvalue weighted by atomic mass is 127. The van der Waals surface area contributed by atoms with Crippen LogP contribution in [0.3, 0.4) is 0 Å². The van der Waals surface area contributed by atoms with Crippen LogP contribution < -0.4 is 0 Å². The number of benzene rings is 1. The number of nitro benzene ring substituents is 1. The number of aromatic nitrogens is 1. The van der Waals surface area contributed by atoms with Gasteiger partial charge in [-0.05, 0) is 19.1 Å². The maximum absolute atomic E-state index is 10.8. The molecule has 0 aliphatic rings. The summed E-state index contributed by atoms with van der Waals surface area (Å²) in [6.07, 6.45) is 1.64. The van der Waals surface area contributed by atoms with Gasteiger partial charge >= 0.3 is 0 Å². The molecule has 1 aromatic carbocycles. The highest BCUT2D eigenvalue weighted by Crippen LogP contribution is 2.32. The number of nitrogens with zero attached hydrogens (tertiary/aromatic N) is 2. The van der Waals surface area contributed by atoms with Gasteiger partial charge in [-0.3, -0.25) is 15.1 Å². The minimum absolute atomic E-state index is 0. The lowest BCUT2D eigenvalue weighted by molar-refractivity contribution is -0.383. The molecule has 0 bridgehead atoms. The van der Waals surface area contributed by atoms with E-state index in [0.29, 0.717) is 11.1 Å². The third-order valence-electron chi connectivity index (χ3n) is 2.24. The number of non-ortho nitro benzene ring substituents is 1. The van der Waals surface area contributed by atoms with E-state index in [-0.39, 0.29) is 34.6 Å². The van der Waals surface area contributed by atoms with E-state index in [1.54, 1.807) is 25.3 Å². The summed E-state index contributed by atoms with van der Waals surface area (Å²) >= 11 is 3.36. The first kappa shape index (κ1) is 13.3. The van der Waals surface area contributed by atoms with E-state index in [4.69, 9.17) is 0 Å². The maximum atomic E-state index is 10.8. The van der Waals surface area contributed by atoms with E-state index in [2.05, 4.69) is 20.9 Å². The Bertz CT molecular complexity index is 560. The van der Waals surface area contributed by atoms with Crippen molar-refractivity contribution >= 4 is 56.4 Å². The van der Waals surface area contributed by atoms with Crippen LogP contribution in [0.25, 0.3) is 10.8 Å². The molecule has 0 radical (unpaired) electrons. The molecule has 0 aliphatic heterocycles. The highest BCUT2D eigenvalue weighted by molar-refractivity contribution is 14.0. The zero-order valence-electron chi connectivity index (χ0n) is 8.31. The first-order chi connectivity index (χ1) is 7.11. The fraction of sp³-hybridized carbons (Fsp3) is 0.100. The van der Waals surface area contributed by atoms with Crippen LogP contribution in [0.5, 0.6) is 0 Å². The zero-order valence-corrected chi connectivity index (χ0v) is 12.2. The van der Waals surface area contributed by atoms with Gasteiger partial charge in [0.05, 0.1) is 16.0 Å². The van der Waals surface area contributed by atoms with Gasteiger partial charge in [-0.25, -0.2) is 0 Å². The van der Waals surface area contributed by atoms with Crippen molar-refractivity contribution in [2.45, 2.75) is 6.92 Å². The lowest BCUT2D eigenvalue weighted by Gasteiger charge is -2.03. The quantitative estimate of drug-likeness (QED) is 0.419. The van der Waals surface area contributed by atoms with Gasteiger partial charge in [0.25, 0.3) is 5.69 Å². The Balaban J connectivity index is 0.00000128. The minimum atomic E-state index is -0.385. The Morgan fingerprint density at radius 3 is 2.69 bits per heavy atom. The molecule has 0 aliphatic carbocycles. The average Bonchev–Trinajstić information content (AvgIpc) is 2.19. The fourth-order valence-electron chi connectivity index (χ4n) is 1.57. The summed E-state index contributed by atoms with van der Waals surface area (Å²) in [7, 11) is 0. The second-order valence-electron chi connectivity index (χ2n) is 3.14. The van der Waals surface area contributed by atoms with Crippen molar-refractivity contribution in [1.82, 2.24) is 4.98 Å². The number of hydrogen-bond acceptors (Lipinski definition) is 3. The lowest BCUT2D eigenvalue weighted by Crippen LogP contribution is -1.93. The van der Waals surface area contributed by atoms with Gasteiger partial charge < -0.3 is 0 Å². The summed E-state index contributed by atoms with van der Waals surface area (Å²) in [5.74, 6) is 0. The lowest BCUT2D eigenvalue weighted by atomic mass is 10.1. The molecule has 0 N–H and O–H groups in total. The van der Waals surface area contributed by atoms with Crippen LogP contribution in [0.2, 0.25) is 0 Å². The molecule has 2 aromatic rings. The predicted octanol–water partition coefficient (Wildman–Crippen LogP) is 3.83. The summed E-state index contributed by atoms with van der Waals surface area (Å²) in [6.45, 7) is 1.77. The SMILES string of the molecule is Cc1nccc2c(Br)ccc([N+](=O)[O-])c12.I. The number of rotatable bonds is 1. The second-order valence-corrected chi connectivity index (χ2v) is 4.00. The molecular formula is C10H8BrIN2O2. The second kappa shape index (κ2) is 5.05. The first-order valence-corrected chi connectivity index (χ1v) is 5.09. The predicted molar refractivity (Wildman–Crippen MR) is 76.2 cm³/mol. The number of aryl methyl sites for hydroxylation is 1. The van der Waals surface area contributed by atoms with Crippen LogP contribution in [0.1, 0.15) is 5.69 Å². The third-order valence-corrected chi connectivity index (χ3v) is 2.93. The molecule has 6 heteroatoms. The Labute approximate surface area is 117 Å². The van der Waals surface area contributed by atoms with E-state index in [1.807, 2.05) is 0 Å². The highest BCUT2D eigenvalue weighted by Gasteiger charge is 2.15. The summed E-state index contributed by atoms with van der Waals surface area (Å²) in [4.78, 5) is 14.5. The number of nitro groups is 1. The largest absolute Gasteiger partial charge is 0.279 e. The molecule has 0 unspecified atom stereocenters. The van der Waals surface area contributed by atoms with Crippen molar-refractivity contribution < 1.29 is 4.92 Å². The van der Waals surface area contributed by atoms with Gasteiger partial charge in [-0.15, -0.1) is 24.0 Å². The van der Waals surface area contributed by atoms with Crippen molar-refractivity contribution in [3.8, 4) is 0 Å². The Morgan fingerprint density at radius 1 is 1.38 bits per heavy atom. The normalized spacial score (nSPS) is 9.88. The van der Waals surface area contributed by atoms with Gasteiger partial charge in [-0.2, -0.15) is 0 Å². The van der Waals surface area contributed by atoms with Crippen molar-refractivity contribution in [2.24, 2.45) is 0 Å². The maximum Gasteiger partial charge on any atom is 0.279 e. The molecule has 1 heterocycles. The van der Waals surface area contributed by atoms with E-state index in [0.717, 1.165) is 9.86 Å². The van der Waals surface area contributed by atoms with Crippen LogP contribution in [0.4, 0.5) is 5.69 Å². The molecule has 16 heavy (non-hydrogen) atoms. The van der Waals surface area contributed by atoms with Crippen LogP contribution in [-0.4, -0.2) is 9.91 Å². The number of pyridine rings is 1. The molecule has 0 fully saturated rings. The van der Waals surface area contributed by atoms with E-state index >= 15 is 0 Å². The molecule has 0 atom stereocenters. The molecule has 4 nitrogen and oxygen atoms in total. The average molecular weight is 395 g/mol. The van der Waals surface area contributed by atoms with Gasteiger partial charge in [-0.1, -0.05) is 15.9 Å². The van der Waals surface area contributed by atoms with Crippen molar-refractivity contribution in [3.63, 3.8) is 0 Å². The molecule has 2 rings (SSSR count). The van der Waals surface area contributed by atoms with Gasteiger partial charge in [0.15, 0.2) is 0 Å². The zero-order chi connectivity index (χ0) is 11.0. The Kier molecular flexibility index (Phi) is 4.20. The minimum Gasteiger partial charge on any atom is -0.261 e. The van der Waals surface area contributed by atoms with Crippen LogP contribution in [0.15, 0.2) is 28.9 Å². The molecule has 0 saturated heterocycles. The van der Waals surface area contributed by atoms with Crippen LogP contribution in [0, 0.1) is 17.0 Å².